The van der Waals surface area contributed by atoms with Gasteiger partial charge in [0.15, 0.2) is 0 Å². The summed E-state index contributed by atoms with van der Waals surface area (Å²) in [4.78, 5) is 0. The van der Waals surface area contributed by atoms with E-state index in [1.54, 1.807) is 0 Å². The highest BCUT2D eigenvalue weighted by molar-refractivity contribution is 4.46. The van der Waals surface area contributed by atoms with Crippen LogP contribution in [0.2, 0.25) is 0 Å². The molecule has 0 aromatic rings. The Bertz CT molecular complexity index is 46.8. The van der Waals surface area contributed by atoms with Crippen molar-refractivity contribution in [1.29, 1.82) is 0 Å². The summed E-state index contributed by atoms with van der Waals surface area (Å²) in [7, 11) is 0. The van der Waals surface area contributed by atoms with Crippen molar-refractivity contribution in [3.05, 3.63) is 0 Å². The highest BCUT2D eigenvalue weighted by Crippen LogP contribution is 1.89. The summed E-state index contributed by atoms with van der Waals surface area (Å²) in [5.41, 5.74) is 0. The quantitative estimate of drug-likeness (QED) is 0.696. The number of hydrogen-bond acceptors (Lipinski definition) is 2. The van der Waals surface area contributed by atoms with E-state index in [0.717, 1.165) is 6.42 Å². The van der Waals surface area contributed by atoms with Crippen LogP contribution in [0.3, 0.4) is 0 Å². The van der Waals surface area contributed by atoms with Gasteiger partial charge in [0.25, 0.3) is 0 Å². The molecule has 0 spiro atoms. The van der Waals surface area contributed by atoms with Crippen LogP contribution in [0.25, 0.3) is 0 Å². The molecule has 0 saturated carbocycles. The lowest BCUT2D eigenvalue weighted by Crippen LogP contribution is -2.13. The molecule has 11 heavy (non-hydrogen) atoms. The van der Waals surface area contributed by atoms with Crippen LogP contribution in [-0.2, 0) is 4.74 Å². The van der Waals surface area contributed by atoms with Gasteiger partial charge in [0, 0.05) is 6.61 Å². The van der Waals surface area contributed by atoms with Crippen molar-refractivity contribution in [3.8, 4) is 0 Å². The van der Waals surface area contributed by atoms with E-state index in [9.17, 15) is 0 Å². The molecule has 0 amide bonds. The molecule has 0 saturated heterocycles. The number of aliphatic hydroxyl groups excluding tert-OH is 1. The maximum absolute atomic E-state index is 8.86. The van der Waals surface area contributed by atoms with Crippen LogP contribution >= 0.6 is 0 Å². The van der Waals surface area contributed by atoms with Crippen LogP contribution in [0.4, 0.5) is 0 Å². The largest absolute Gasteiger partial charge is 0.391 e. The smallest absolute Gasteiger partial charge is 0.0771 e. The molecule has 1 unspecified atom stereocenters. The molecular weight excluding hydrogens is 140 g/mol. The third kappa shape index (κ3) is 17.8. The highest BCUT2D eigenvalue weighted by atomic mass is 16.5. The molecule has 0 aromatic carbocycles. The van der Waals surface area contributed by atoms with Gasteiger partial charge in [0.05, 0.1) is 12.7 Å². The lowest BCUT2D eigenvalue weighted by Gasteiger charge is -2.05. The van der Waals surface area contributed by atoms with Gasteiger partial charge in [-0.05, 0) is 13.3 Å². The van der Waals surface area contributed by atoms with E-state index in [1.807, 2.05) is 13.8 Å². The van der Waals surface area contributed by atoms with Crippen LogP contribution in [0, 0.1) is 0 Å². The highest BCUT2D eigenvalue weighted by Gasteiger charge is 1.96. The van der Waals surface area contributed by atoms with Crippen LogP contribution in [0.15, 0.2) is 0 Å². The molecule has 1 atom stereocenters. The Morgan fingerprint density at radius 2 is 1.64 bits per heavy atom. The molecule has 0 bridgehead atoms. The van der Waals surface area contributed by atoms with Crippen molar-refractivity contribution in [1.82, 2.24) is 0 Å². The van der Waals surface area contributed by atoms with Crippen LogP contribution < -0.4 is 0 Å². The zero-order valence-corrected chi connectivity index (χ0v) is 5.55. The second-order valence-electron chi connectivity index (χ2n) is 1.72. The van der Waals surface area contributed by atoms with Gasteiger partial charge in [-0.15, -0.1) is 0 Å². The summed E-state index contributed by atoms with van der Waals surface area (Å²) in [5, 5.41) is 8.86. The third-order valence-corrected chi connectivity index (χ3v) is 0.986. The van der Waals surface area contributed by atoms with E-state index < -0.39 is 0 Å². The molecule has 1 N–H and O–H groups in total. The normalized spacial score (nSPS) is 10.1. The summed E-state index contributed by atoms with van der Waals surface area (Å²) in [6, 6.07) is 0. The zero-order valence-electron chi connectivity index (χ0n) is 5.55. The number of aliphatic hydroxyl groups is 1. The predicted octanol–water partition coefficient (Wildman–Crippen LogP) is 2.70. The Morgan fingerprint density at radius 3 is 1.91 bits per heavy atom. The van der Waals surface area contributed by atoms with Gasteiger partial charge in [-0.25, -0.2) is 0 Å². The topological polar surface area (TPSA) is 29.5 Å². The molecule has 0 radical (unpaired) electrons. The van der Waals surface area contributed by atoms with Gasteiger partial charge < -0.3 is 9.84 Å². The lowest BCUT2D eigenvalue weighted by molar-refractivity contribution is 0.0408. The molecule has 0 aliphatic carbocycles. The average molecular weight is 166 g/mol. The fourth-order valence-corrected chi connectivity index (χ4v) is 0.372. The van der Waals surface area contributed by atoms with E-state index in [1.165, 1.54) is 0 Å². The molecule has 0 fully saturated rings. The third-order valence-electron chi connectivity index (χ3n) is 0.986. The van der Waals surface area contributed by atoms with Gasteiger partial charge >= 0.3 is 0 Å². The molecule has 0 aliphatic rings. The first-order valence-electron chi connectivity index (χ1n) is 3.07. The van der Waals surface area contributed by atoms with Crippen molar-refractivity contribution in [3.63, 3.8) is 0 Å². The number of rotatable bonds is 4. The standard InChI is InChI=1S/C6H14O2.3CH4/c1-3-6(7)5-8-4-2;;;/h6-7H,3-5H2,1-2H3;3*1H4. The average Bonchev–Trinajstić information content (AvgIpc) is 1.83. The minimum atomic E-state index is -0.269. The molecule has 2 heteroatoms. The first-order chi connectivity index (χ1) is 3.81. The summed E-state index contributed by atoms with van der Waals surface area (Å²) < 4.78 is 4.94. The molecule has 0 heterocycles. The van der Waals surface area contributed by atoms with E-state index in [-0.39, 0.29) is 28.4 Å². The summed E-state index contributed by atoms with van der Waals surface area (Å²) in [5.74, 6) is 0. The number of hydrogen-bond donors (Lipinski definition) is 1. The SMILES string of the molecule is C.C.C.CCOCC(O)CC. The zero-order chi connectivity index (χ0) is 6.41. The monoisotopic (exact) mass is 166 g/mol. The predicted molar refractivity (Wildman–Crippen MR) is 53.0 cm³/mol. The molecule has 2 nitrogen and oxygen atoms in total. The Morgan fingerprint density at radius 1 is 1.18 bits per heavy atom. The van der Waals surface area contributed by atoms with E-state index in [0.29, 0.717) is 13.2 Å². The lowest BCUT2D eigenvalue weighted by atomic mass is 10.3. The van der Waals surface area contributed by atoms with Gasteiger partial charge in [0.2, 0.25) is 0 Å². The van der Waals surface area contributed by atoms with Gasteiger partial charge in [-0.1, -0.05) is 29.2 Å². The fourth-order valence-electron chi connectivity index (χ4n) is 0.372. The van der Waals surface area contributed by atoms with Crippen molar-refractivity contribution >= 4 is 0 Å². The molecule has 0 aromatic heterocycles. The minimum absolute atomic E-state index is 0. The summed E-state index contributed by atoms with van der Waals surface area (Å²) in [6.45, 7) is 5.02. The van der Waals surface area contributed by atoms with Crippen LogP contribution in [0.5, 0.6) is 0 Å². The minimum Gasteiger partial charge on any atom is -0.391 e. The Kier molecular flexibility index (Phi) is 33.6. The molecule has 74 valence electrons. The van der Waals surface area contributed by atoms with E-state index >= 15 is 0 Å². The van der Waals surface area contributed by atoms with Gasteiger partial charge in [-0.3, -0.25) is 0 Å². The summed E-state index contributed by atoms with van der Waals surface area (Å²) in [6.07, 6.45) is 0.509. The van der Waals surface area contributed by atoms with Crippen LogP contribution in [-0.4, -0.2) is 24.4 Å². The van der Waals surface area contributed by atoms with Crippen molar-refractivity contribution in [2.24, 2.45) is 0 Å². The Hall–Kier alpha value is -0.0800. The van der Waals surface area contributed by atoms with Gasteiger partial charge in [0.1, 0.15) is 0 Å². The first kappa shape index (κ1) is 22.4. The number of ether oxygens (including phenoxy) is 1. The maximum atomic E-state index is 8.86. The fraction of sp³-hybridized carbons (Fsp3) is 1.00. The van der Waals surface area contributed by atoms with Crippen molar-refractivity contribution < 1.29 is 9.84 Å². The van der Waals surface area contributed by atoms with E-state index in [2.05, 4.69) is 0 Å². The Labute approximate surface area is 72.6 Å². The van der Waals surface area contributed by atoms with Crippen molar-refractivity contribution in [2.75, 3.05) is 13.2 Å². The van der Waals surface area contributed by atoms with E-state index in [4.69, 9.17) is 9.84 Å². The second-order valence-corrected chi connectivity index (χ2v) is 1.72. The first-order valence-corrected chi connectivity index (χ1v) is 3.07. The van der Waals surface area contributed by atoms with Crippen LogP contribution in [0.1, 0.15) is 42.5 Å². The molecule has 0 rings (SSSR count). The molecular formula is C9H26O2. The Balaban J connectivity index is -0.0000000817. The second kappa shape index (κ2) is 16.5. The van der Waals surface area contributed by atoms with Gasteiger partial charge in [-0.2, -0.15) is 0 Å². The molecule has 0 aliphatic heterocycles. The van der Waals surface area contributed by atoms with Crippen molar-refractivity contribution in [2.45, 2.75) is 48.7 Å². The summed E-state index contributed by atoms with van der Waals surface area (Å²) >= 11 is 0. The maximum Gasteiger partial charge on any atom is 0.0771 e.